The van der Waals surface area contributed by atoms with Crippen LogP contribution in [0.3, 0.4) is 0 Å². The molecule has 1 atom stereocenters. The molecule has 3 rings (SSSR count). The molecule has 0 bridgehead atoms. The normalized spacial score (nSPS) is 11.9. The molecule has 0 radical (unpaired) electrons. The number of carbonyl (C=O) groups excluding carboxylic acids is 2. The van der Waals surface area contributed by atoms with Crippen molar-refractivity contribution in [2.75, 3.05) is 13.7 Å². The maximum Gasteiger partial charge on any atom is 0.261 e. The number of nitrogens with one attached hydrogen (secondary N) is 1. The van der Waals surface area contributed by atoms with Gasteiger partial charge in [0.05, 0.1) is 7.11 Å². The average molecular weight is 509 g/mol. The molecule has 7 heteroatoms. The molecule has 3 aromatic carbocycles. The van der Waals surface area contributed by atoms with E-state index >= 15 is 0 Å². The third kappa shape index (κ3) is 8.31. The molecular formula is C29H33ClN2O4. The minimum Gasteiger partial charge on any atom is -0.497 e. The van der Waals surface area contributed by atoms with Crippen LogP contribution in [0.1, 0.15) is 31.9 Å². The van der Waals surface area contributed by atoms with Crippen molar-refractivity contribution in [1.29, 1.82) is 0 Å². The number of rotatable bonds is 10. The Labute approximate surface area is 218 Å². The Bertz CT molecular complexity index is 1140. The molecule has 1 N–H and O–H groups in total. The summed E-state index contributed by atoms with van der Waals surface area (Å²) in [6.45, 7) is 5.75. The number of hydrogen-bond donors (Lipinski definition) is 1. The third-order valence-electron chi connectivity index (χ3n) is 5.43. The first kappa shape index (κ1) is 27.1. The number of carbonyl (C=O) groups is 2. The summed E-state index contributed by atoms with van der Waals surface area (Å²) in [5, 5.41) is 3.63. The zero-order valence-electron chi connectivity index (χ0n) is 21.2. The lowest BCUT2D eigenvalue weighted by molar-refractivity contribution is -0.143. The van der Waals surface area contributed by atoms with Gasteiger partial charge in [0.2, 0.25) is 5.91 Å². The average Bonchev–Trinajstić information content (AvgIpc) is 2.85. The molecule has 0 aromatic heterocycles. The van der Waals surface area contributed by atoms with Crippen LogP contribution in [0.25, 0.3) is 0 Å². The van der Waals surface area contributed by atoms with Crippen LogP contribution in [0.4, 0.5) is 0 Å². The summed E-state index contributed by atoms with van der Waals surface area (Å²) in [6.07, 6.45) is 0.361. The Kier molecular flexibility index (Phi) is 9.37. The fourth-order valence-corrected chi connectivity index (χ4v) is 3.86. The van der Waals surface area contributed by atoms with Crippen molar-refractivity contribution in [2.45, 2.75) is 45.3 Å². The van der Waals surface area contributed by atoms with E-state index in [1.807, 2.05) is 75.4 Å². The molecule has 0 heterocycles. The van der Waals surface area contributed by atoms with Gasteiger partial charge in [-0.25, -0.2) is 0 Å². The zero-order valence-corrected chi connectivity index (χ0v) is 21.9. The van der Waals surface area contributed by atoms with Crippen LogP contribution in [-0.4, -0.2) is 42.0 Å². The Morgan fingerprint density at radius 1 is 0.917 bits per heavy atom. The first-order valence-corrected chi connectivity index (χ1v) is 12.2. The third-order valence-corrected chi connectivity index (χ3v) is 5.68. The summed E-state index contributed by atoms with van der Waals surface area (Å²) >= 11 is 5.96. The van der Waals surface area contributed by atoms with Gasteiger partial charge in [-0.2, -0.15) is 0 Å². The van der Waals surface area contributed by atoms with Crippen LogP contribution >= 0.6 is 11.6 Å². The van der Waals surface area contributed by atoms with E-state index in [1.165, 1.54) is 0 Å². The smallest absolute Gasteiger partial charge is 0.261 e. The number of halogens is 1. The molecule has 0 saturated carbocycles. The van der Waals surface area contributed by atoms with Gasteiger partial charge in [-0.1, -0.05) is 54.1 Å². The molecule has 0 spiro atoms. The van der Waals surface area contributed by atoms with E-state index in [2.05, 4.69) is 5.32 Å². The van der Waals surface area contributed by atoms with E-state index in [4.69, 9.17) is 21.1 Å². The summed E-state index contributed by atoms with van der Waals surface area (Å²) in [5.74, 6) is 0.663. The second kappa shape index (κ2) is 12.5. The highest BCUT2D eigenvalue weighted by Gasteiger charge is 2.32. The maximum absolute atomic E-state index is 13.6. The van der Waals surface area contributed by atoms with Crippen LogP contribution in [0, 0.1) is 0 Å². The number of methoxy groups -OCH3 is 1. The first-order valence-electron chi connectivity index (χ1n) is 11.8. The molecule has 0 aliphatic heterocycles. The van der Waals surface area contributed by atoms with E-state index in [0.29, 0.717) is 22.9 Å². The quantitative estimate of drug-likeness (QED) is 0.404. The molecule has 0 fully saturated rings. The van der Waals surface area contributed by atoms with Crippen molar-refractivity contribution in [3.63, 3.8) is 0 Å². The summed E-state index contributed by atoms with van der Waals surface area (Å²) in [7, 11) is 1.59. The number of amides is 2. The van der Waals surface area contributed by atoms with Gasteiger partial charge >= 0.3 is 0 Å². The second-order valence-corrected chi connectivity index (χ2v) is 10.00. The summed E-state index contributed by atoms with van der Waals surface area (Å²) < 4.78 is 11.1. The van der Waals surface area contributed by atoms with Crippen LogP contribution < -0.4 is 14.8 Å². The molecule has 0 saturated heterocycles. The highest BCUT2D eigenvalue weighted by Crippen LogP contribution is 2.20. The molecule has 2 amide bonds. The largest absolute Gasteiger partial charge is 0.497 e. The van der Waals surface area contributed by atoms with Gasteiger partial charge in [-0.15, -0.1) is 0 Å². The fourth-order valence-electron chi connectivity index (χ4n) is 3.73. The summed E-state index contributed by atoms with van der Waals surface area (Å²) in [5.41, 5.74) is 1.33. The lowest BCUT2D eigenvalue weighted by Gasteiger charge is -2.33. The van der Waals surface area contributed by atoms with Crippen molar-refractivity contribution in [1.82, 2.24) is 10.2 Å². The minimum atomic E-state index is -0.751. The topological polar surface area (TPSA) is 67.9 Å². The predicted octanol–water partition coefficient (Wildman–Crippen LogP) is 5.28. The van der Waals surface area contributed by atoms with Crippen LogP contribution in [0.2, 0.25) is 5.02 Å². The zero-order chi connectivity index (χ0) is 26.1. The van der Waals surface area contributed by atoms with Gasteiger partial charge in [0, 0.05) is 23.5 Å². The molecule has 0 unspecified atom stereocenters. The number of hydrogen-bond acceptors (Lipinski definition) is 4. The molecule has 190 valence electrons. The molecule has 0 aliphatic rings. The summed E-state index contributed by atoms with van der Waals surface area (Å²) in [6, 6.07) is 23.2. The number of benzene rings is 3. The second-order valence-electron chi connectivity index (χ2n) is 9.56. The van der Waals surface area contributed by atoms with E-state index < -0.39 is 11.6 Å². The molecule has 3 aromatic rings. The fraction of sp³-hybridized carbons (Fsp3) is 0.310. The minimum absolute atomic E-state index is 0.217. The highest BCUT2D eigenvalue weighted by atomic mass is 35.5. The Hall–Kier alpha value is -3.51. The first-order chi connectivity index (χ1) is 17.1. The monoisotopic (exact) mass is 508 g/mol. The Balaban J connectivity index is 1.93. The lowest BCUT2D eigenvalue weighted by Crippen LogP contribution is -2.55. The van der Waals surface area contributed by atoms with Gasteiger partial charge in [0.15, 0.2) is 6.61 Å². The maximum atomic E-state index is 13.6. The van der Waals surface area contributed by atoms with Crippen molar-refractivity contribution >= 4 is 23.4 Å². The van der Waals surface area contributed by atoms with Gasteiger partial charge in [-0.05, 0) is 68.3 Å². The predicted molar refractivity (Wildman–Crippen MR) is 142 cm³/mol. The molecule has 0 aliphatic carbocycles. The lowest BCUT2D eigenvalue weighted by atomic mass is 10.0. The Morgan fingerprint density at radius 2 is 1.58 bits per heavy atom. The van der Waals surface area contributed by atoms with E-state index in [9.17, 15) is 9.59 Å². The van der Waals surface area contributed by atoms with Crippen LogP contribution in [0.5, 0.6) is 11.5 Å². The number of ether oxygens (including phenoxy) is 2. The SMILES string of the molecule is COc1cccc(CN(C(=O)COc2ccc(Cl)cc2)[C@H](Cc2ccccc2)C(=O)NC(C)(C)C)c1. The Morgan fingerprint density at radius 3 is 2.22 bits per heavy atom. The van der Waals surface area contributed by atoms with Gasteiger partial charge in [0.25, 0.3) is 5.91 Å². The van der Waals surface area contributed by atoms with Crippen molar-refractivity contribution in [3.05, 3.63) is 95.0 Å². The summed E-state index contributed by atoms with van der Waals surface area (Å²) in [4.78, 5) is 28.7. The number of nitrogens with zero attached hydrogens (tertiary/aromatic N) is 1. The standard InChI is InChI=1S/C29H33ClN2O4/c1-29(2,3)31-28(34)26(18-21-9-6-5-7-10-21)32(19-22-11-8-12-25(17-22)35-4)27(33)20-36-24-15-13-23(30)14-16-24/h5-17,26H,18-20H2,1-4H3,(H,31,34)/t26-/m1/s1. The van der Waals surface area contributed by atoms with Crippen LogP contribution in [-0.2, 0) is 22.6 Å². The van der Waals surface area contributed by atoms with Crippen molar-refractivity contribution in [3.8, 4) is 11.5 Å². The molecule has 36 heavy (non-hydrogen) atoms. The van der Waals surface area contributed by atoms with Gasteiger partial charge in [-0.3, -0.25) is 9.59 Å². The van der Waals surface area contributed by atoms with Gasteiger partial charge in [0.1, 0.15) is 17.5 Å². The van der Waals surface area contributed by atoms with Crippen molar-refractivity contribution in [2.24, 2.45) is 0 Å². The van der Waals surface area contributed by atoms with E-state index in [-0.39, 0.29) is 25.0 Å². The van der Waals surface area contributed by atoms with E-state index in [1.54, 1.807) is 36.3 Å². The molecular weight excluding hydrogens is 476 g/mol. The van der Waals surface area contributed by atoms with Crippen LogP contribution in [0.15, 0.2) is 78.9 Å². The van der Waals surface area contributed by atoms with E-state index in [0.717, 1.165) is 11.1 Å². The molecule has 6 nitrogen and oxygen atoms in total. The van der Waals surface area contributed by atoms with Gasteiger partial charge < -0.3 is 19.7 Å². The van der Waals surface area contributed by atoms with Crippen molar-refractivity contribution < 1.29 is 19.1 Å². The highest BCUT2D eigenvalue weighted by molar-refractivity contribution is 6.30.